The fourth-order valence-corrected chi connectivity index (χ4v) is 8.06. The molecule has 14 nitrogen and oxygen atoms in total. The molecule has 1 aliphatic carbocycles. The molecule has 2 aromatic heterocycles. The van der Waals surface area contributed by atoms with E-state index < -0.39 is 33.2 Å². The first kappa shape index (κ1) is 29.8. The van der Waals surface area contributed by atoms with E-state index in [-0.39, 0.29) is 41.0 Å². The molecule has 0 radical (unpaired) electrons. The van der Waals surface area contributed by atoms with Gasteiger partial charge in [-0.1, -0.05) is 13.8 Å². The van der Waals surface area contributed by atoms with Crippen LogP contribution in [0.5, 0.6) is 0 Å². The maximum atomic E-state index is 13.9. The third kappa shape index (κ3) is 5.24. The average molecular weight is 625 g/mol. The first-order valence-electron chi connectivity index (χ1n) is 14.5. The van der Waals surface area contributed by atoms with E-state index in [1.165, 1.54) is 27.1 Å². The van der Waals surface area contributed by atoms with Gasteiger partial charge in [0, 0.05) is 62.1 Å². The zero-order chi connectivity index (χ0) is 31.6. The Bertz CT molecular complexity index is 1770. The molecule has 234 valence electrons. The first-order valence-corrected chi connectivity index (χ1v) is 16.0. The number of benzene rings is 1. The summed E-state index contributed by atoms with van der Waals surface area (Å²) in [5.41, 5.74) is 7.33. The van der Waals surface area contributed by atoms with Gasteiger partial charge < -0.3 is 30.5 Å². The quantitative estimate of drug-likeness (QED) is 0.289. The summed E-state index contributed by atoms with van der Waals surface area (Å²) in [6, 6.07) is 6.06. The van der Waals surface area contributed by atoms with Crippen LogP contribution in [0.2, 0.25) is 0 Å². The number of anilines is 2. The van der Waals surface area contributed by atoms with Crippen LogP contribution >= 0.6 is 0 Å². The van der Waals surface area contributed by atoms with E-state index in [9.17, 15) is 27.9 Å². The van der Waals surface area contributed by atoms with Gasteiger partial charge in [0.15, 0.2) is 5.82 Å². The Morgan fingerprint density at radius 2 is 1.77 bits per heavy atom. The van der Waals surface area contributed by atoms with E-state index in [1.807, 2.05) is 25.8 Å². The highest BCUT2D eigenvalue weighted by Crippen LogP contribution is 2.40. The monoisotopic (exact) mass is 624 g/mol. The number of fused-ring (bicyclic) bond motifs is 1. The Morgan fingerprint density at radius 1 is 1.09 bits per heavy atom. The summed E-state index contributed by atoms with van der Waals surface area (Å²) in [4.78, 5) is 42.9. The van der Waals surface area contributed by atoms with Crippen LogP contribution < -0.4 is 16.0 Å². The summed E-state index contributed by atoms with van der Waals surface area (Å²) >= 11 is 0. The molecular formula is C29H36N8O6S. The summed E-state index contributed by atoms with van der Waals surface area (Å²) in [6.07, 6.45) is 2.86. The number of aromatic amines is 1. The molecule has 1 aromatic carbocycles. The molecule has 44 heavy (non-hydrogen) atoms. The van der Waals surface area contributed by atoms with Gasteiger partial charge in [-0.15, -0.1) is 0 Å². The van der Waals surface area contributed by atoms with Gasteiger partial charge in [-0.3, -0.25) is 14.7 Å². The number of piperazine rings is 1. The van der Waals surface area contributed by atoms with Crippen LogP contribution in [0.1, 0.15) is 69.2 Å². The van der Waals surface area contributed by atoms with Gasteiger partial charge in [-0.2, -0.15) is 9.40 Å². The largest absolute Gasteiger partial charge is 0.477 e. The number of rotatable bonds is 8. The van der Waals surface area contributed by atoms with Crippen molar-refractivity contribution in [1.82, 2.24) is 24.0 Å². The smallest absolute Gasteiger partial charge is 0.352 e. The highest BCUT2D eigenvalue weighted by atomic mass is 32.2. The maximum absolute atomic E-state index is 13.9. The third-order valence-electron chi connectivity index (χ3n) is 8.68. The number of carbonyl (C=O) groups excluding carboxylic acids is 2. The summed E-state index contributed by atoms with van der Waals surface area (Å²) in [5.74, 6) is -2.51. The van der Waals surface area contributed by atoms with Crippen molar-refractivity contribution in [2.45, 2.75) is 43.9 Å². The number of H-pyrrole nitrogens is 1. The number of aromatic carboxylic acids is 1. The Morgan fingerprint density at radius 3 is 2.41 bits per heavy atom. The molecule has 0 atom stereocenters. The molecule has 2 amide bonds. The minimum absolute atomic E-state index is 0.0147. The van der Waals surface area contributed by atoms with Crippen LogP contribution in [0.3, 0.4) is 0 Å². The molecule has 0 unspecified atom stereocenters. The Hall–Kier alpha value is -4.21. The lowest BCUT2D eigenvalue weighted by molar-refractivity contribution is 0.0687. The van der Waals surface area contributed by atoms with Gasteiger partial charge in [0.25, 0.3) is 5.91 Å². The van der Waals surface area contributed by atoms with E-state index in [1.54, 1.807) is 12.3 Å². The van der Waals surface area contributed by atoms with E-state index in [4.69, 9.17) is 5.73 Å². The van der Waals surface area contributed by atoms with Crippen molar-refractivity contribution < 1.29 is 27.9 Å². The van der Waals surface area contributed by atoms with Crippen molar-refractivity contribution in [2.24, 2.45) is 5.73 Å². The number of carbonyl (C=O) groups is 3. The van der Waals surface area contributed by atoms with E-state index in [0.29, 0.717) is 42.9 Å². The normalized spacial score (nSPS) is 19.0. The number of aromatic nitrogens is 3. The van der Waals surface area contributed by atoms with Crippen molar-refractivity contribution in [1.29, 1.82) is 0 Å². The molecule has 3 aromatic rings. The second kappa shape index (κ2) is 10.7. The molecule has 1 saturated carbocycles. The van der Waals surface area contributed by atoms with Gasteiger partial charge in [-0.25, -0.2) is 13.2 Å². The van der Waals surface area contributed by atoms with Gasteiger partial charge in [0.2, 0.25) is 15.9 Å². The number of likely N-dealkylation sites (N-methyl/N-ethyl adjacent to an activating group) is 1. The predicted octanol–water partition coefficient (Wildman–Crippen LogP) is 1.59. The zero-order valence-electron chi connectivity index (χ0n) is 24.8. The number of nitrogens with one attached hydrogen (secondary N) is 2. The molecule has 0 spiro atoms. The molecule has 2 aliphatic heterocycles. The highest BCUT2D eigenvalue weighted by molar-refractivity contribution is 7.90. The topological polar surface area (TPSA) is 187 Å². The molecule has 6 rings (SSSR count). The number of amides is 2. The van der Waals surface area contributed by atoms with E-state index >= 15 is 0 Å². The highest BCUT2D eigenvalue weighted by Gasteiger charge is 2.46. The van der Waals surface area contributed by atoms with E-state index in [2.05, 4.69) is 20.4 Å². The average Bonchev–Trinajstić information content (AvgIpc) is 3.58. The number of carboxylic acid groups (broad SMARTS) is 1. The lowest BCUT2D eigenvalue weighted by Gasteiger charge is -2.37. The minimum atomic E-state index is -3.50. The van der Waals surface area contributed by atoms with Crippen LogP contribution in [-0.4, -0.2) is 100 Å². The molecule has 15 heteroatoms. The van der Waals surface area contributed by atoms with Crippen LogP contribution in [-0.2, 0) is 22.0 Å². The van der Waals surface area contributed by atoms with Crippen LogP contribution in [0.15, 0.2) is 30.5 Å². The predicted molar refractivity (Wildman–Crippen MR) is 163 cm³/mol. The van der Waals surface area contributed by atoms with Crippen molar-refractivity contribution in [3.05, 3.63) is 58.5 Å². The standard InChI is InChI=1S/C29H36N8O6S/c1-29(2)16-36(44(42,43)17-6-7-17)15-20-24(29)32-33-26(20)31-27(39)19-14-23(37-8-4-5-21(37)28(40)41)22(13-18(19)25(30)38)35-11-9-34(3)10-12-35/h4-5,8,13-14,17H,6-7,9-12,15-16H2,1-3H3,(H2,30,38)(H,40,41)(H2,31,32,33,39). The number of carboxylic acids is 1. The molecule has 5 N–H and O–H groups in total. The molecular weight excluding hydrogens is 588 g/mol. The first-order chi connectivity index (χ1) is 20.8. The van der Waals surface area contributed by atoms with Gasteiger partial charge in [-0.05, 0) is 44.2 Å². The Kier molecular flexibility index (Phi) is 7.29. The number of hydrogen-bond acceptors (Lipinski definition) is 8. The Labute approximate surface area is 254 Å². The van der Waals surface area contributed by atoms with Crippen LogP contribution in [0.4, 0.5) is 11.5 Å². The minimum Gasteiger partial charge on any atom is -0.477 e. The number of nitrogens with two attached hydrogens (primary N) is 1. The molecule has 1 saturated heterocycles. The zero-order valence-corrected chi connectivity index (χ0v) is 25.6. The summed E-state index contributed by atoms with van der Waals surface area (Å²) in [6.45, 7) is 6.88. The fourth-order valence-electron chi connectivity index (χ4n) is 6.09. The second-order valence-electron chi connectivity index (χ2n) is 12.4. The fraction of sp³-hybridized carbons (Fsp3) is 0.448. The second-order valence-corrected chi connectivity index (χ2v) is 14.6. The summed E-state index contributed by atoms with van der Waals surface area (Å²) < 4.78 is 29.2. The number of nitrogens with zero attached hydrogens (tertiary/aromatic N) is 5. The van der Waals surface area contributed by atoms with Crippen LogP contribution in [0, 0.1) is 0 Å². The van der Waals surface area contributed by atoms with Crippen molar-refractivity contribution in [3.8, 4) is 5.69 Å². The number of primary amides is 1. The SMILES string of the molecule is CN1CCN(c2cc(C(N)=O)c(C(=O)Nc3n[nH]c4c3CN(S(=O)(=O)C3CC3)CC4(C)C)cc2-n2cccc2C(=O)O)CC1. The summed E-state index contributed by atoms with van der Waals surface area (Å²) in [5, 5.41) is 19.6. The molecule has 2 fully saturated rings. The molecule has 4 heterocycles. The van der Waals surface area contributed by atoms with E-state index in [0.717, 1.165) is 18.8 Å². The summed E-state index contributed by atoms with van der Waals surface area (Å²) in [7, 11) is -1.49. The maximum Gasteiger partial charge on any atom is 0.352 e. The van der Waals surface area contributed by atoms with Gasteiger partial charge >= 0.3 is 5.97 Å². The third-order valence-corrected chi connectivity index (χ3v) is 11.0. The van der Waals surface area contributed by atoms with Gasteiger partial charge in [0.05, 0.1) is 27.8 Å². The lowest BCUT2D eigenvalue weighted by Crippen LogP contribution is -2.46. The Balaban J connectivity index is 1.41. The molecule has 3 aliphatic rings. The van der Waals surface area contributed by atoms with Crippen LogP contribution in [0.25, 0.3) is 5.69 Å². The van der Waals surface area contributed by atoms with Crippen molar-refractivity contribution in [3.63, 3.8) is 0 Å². The van der Waals surface area contributed by atoms with Crippen molar-refractivity contribution >= 4 is 39.3 Å². The lowest BCUT2D eigenvalue weighted by atomic mass is 9.84. The van der Waals surface area contributed by atoms with Crippen molar-refractivity contribution in [2.75, 3.05) is 50.0 Å². The number of hydrogen-bond donors (Lipinski definition) is 4. The number of sulfonamides is 1. The van der Waals surface area contributed by atoms with Gasteiger partial charge in [0.1, 0.15) is 5.69 Å². The molecule has 0 bridgehead atoms.